The van der Waals surface area contributed by atoms with Gasteiger partial charge in [-0.3, -0.25) is 9.10 Å². The van der Waals surface area contributed by atoms with Crippen LogP contribution in [0.5, 0.6) is 0 Å². The number of benzene rings is 1. The summed E-state index contributed by atoms with van der Waals surface area (Å²) < 4.78 is 28.0. The van der Waals surface area contributed by atoms with Gasteiger partial charge in [0.15, 0.2) is 0 Å². The average Bonchev–Trinajstić information content (AvgIpc) is 2.32. The molecule has 0 saturated carbocycles. The van der Waals surface area contributed by atoms with Gasteiger partial charge in [0.25, 0.3) is 5.91 Å². The molecular formula is C13H16F2N2OS. The first kappa shape index (κ1) is 14.3. The largest absolute Gasteiger partial charge is 0.347 e. The van der Waals surface area contributed by atoms with E-state index in [9.17, 15) is 13.6 Å². The van der Waals surface area contributed by atoms with Crippen molar-refractivity contribution in [1.29, 1.82) is 0 Å². The first-order chi connectivity index (χ1) is 8.88. The van der Waals surface area contributed by atoms with Crippen molar-refractivity contribution < 1.29 is 13.6 Å². The van der Waals surface area contributed by atoms with E-state index in [1.54, 1.807) is 0 Å². The molecule has 1 N–H and O–H groups in total. The fourth-order valence-electron chi connectivity index (χ4n) is 2.14. The monoisotopic (exact) mass is 286 g/mol. The molecule has 1 aliphatic heterocycles. The van der Waals surface area contributed by atoms with E-state index in [1.807, 2.05) is 11.2 Å². The van der Waals surface area contributed by atoms with Crippen LogP contribution in [0.3, 0.4) is 0 Å². The van der Waals surface area contributed by atoms with Crippen LogP contribution in [0.2, 0.25) is 0 Å². The highest BCUT2D eigenvalue weighted by atomic mass is 32.1. The zero-order chi connectivity index (χ0) is 14.0. The second-order valence-corrected chi connectivity index (χ2v) is 5.69. The predicted octanol–water partition coefficient (Wildman–Crippen LogP) is 2.39. The molecule has 1 saturated heterocycles. The van der Waals surface area contributed by atoms with Crippen LogP contribution in [0.4, 0.5) is 8.78 Å². The van der Waals surface area contributed by atoms with Crippen molar-refractivity contribution in [2.75, 3.05) is 13.1 Å². The van der Waals surface area contributed by atoms with Crippen LogP contribution in [0.1, 0.15) is 30.1 Å². The molecule has 1 aromatic carbocycles. The van der Waals surface area contributed by atoms with Crippen molar-refractivity contribution >= 4 is 18.7 Å². The number of rotatable bonds is 2. The minimum atomic E-state index is -0.750. The number of hydrogen-bond acceptors (Lipinski definition) is 3. The van der Waals surface area contributed by atoms with Gasteiger partial charge in [-0.05, 0) is 31.9 Å². The van der Waals surface area contributed by atoms with E-state index in [0.29, 0.717) is 0 Å². The summed E-state index contributed by atoms with van der Waals surface area (Å²) in [5.74, 6) is -1.95. The summed E-state index contributed by atoms with van der Waals surface area (Å²) in [4.78, 5) is 12.0. The number of nitrogens with one attached hydrogen (secondary N) is 1. The van der Waals surface area contributed by atoms with Crippen molar-refractivity contribution in [3.63, 3.8) is 0 Å². The molecule has 0 aliphatic carbocycles. The van der Waals surface area contributed by atoms with Crippen LogP contribution < -0.4 is 5.32 Å². The third-order valence-corrected chi connectivity index (χ3v) is 3.78. The lowest BCUT2D eigenvalue weighted by molar-refractivity contribution is 0.0873. The maximum absolute atomic E-state index is 13.1. The van der Waals surface area contributed by atoms with Crippen molar-refractivity contribution in [2.24, 2.45) is 0 Å². The Morgan fingerprint density at radius 1 is 1.26 bits per heavy atom. The molecule has 6 heteroatoms. The summed E-state index contributed by atoms with van der Waals surface area (Å²) >= 11 is 4.25. The minimum absolute atomic E-state index is 0.00651. The smallest absolute Gasteiger partial charge is 0.251 e. The lowest BCUT2D eigenvalue weighted by Gasteiger charge is -2.37. The van der Waals surface area contributed by atoms with Gasteiger partial charge in [0.1, 0.15) is 11.6 Å². The van der Waals surface area contributed by atoms with Crippen LogP contribution in [0.25, 0.3) is 0 Å². The number of amides is 1. The van der Waals surface area contributed by atoms with Crippen molar-refractivity contribution in [3.8, 4) is 0 Å². The van der Waals surface area contributed by atoms with E-state index in [0.717, 1.165) is 44.1 Å². The molecule has 3 nitrogen and oxygen atoms in total. The van der Waals surface area contributed by atoms with Gasteiger partial charge in [0, 0.05) is 30.3 Å². The molecule has 1 aliphatic rings. The number of hydrogen-bond donors (Lipinski definition) is 2. The third-order valence-electron chi connectivity index (χ3n) is 3.38. The Kier molecular flexibility index (Phi) is 4.10. The number of piperidine rings is 1. The number of halogens is 2. The lowest BCUT2D eigenvalue weighted by Crippen LogP contribution is -2.51. The molecule has 104 valence electrons. The molecule has 0 radical (unpaired) electrons. The molecule has 0 spiro atoms. The zero-order valence-corrected chi connectivity index (χ0v) is 11.5. The Morgan fingerprint density at radius 3 is 2.32 bits per heavy atom. The molecule has 19 heavy (non-hydrogen) atoms. The Labute approximate surface area is 116 Å². The van der Waals surface area contributed by atoms with Gasteiger partial charge in [-0.25, -0.2) is 8.78 Å². The average molecular weight is 286 g/mol. The fourth-order valence-corrected chi connectivity index (χ4v) is 2.34. The summed E-state index contributed by atoms with van der Waals surface area (Å²) in [6, 6.07) is 2.82. The Hall–Kier alpha value is -1.14. The summed E-state index contributed by atoms with van der Waals surface area (Å²) in [7, 11) is 0. The minimum Gasteiger partial charge on any atom is -0.347 e. The number of carbonyl (C=O) groups is 1. The summed E-state index contributed by atoms with van der Waals surface area (Å²) in [6.07, 6.45) is 1.50. The molecular weight excluding hydrogens is 270 g/mol. The Bertz CT molecular complexity index is 467. The lowest BCUT2D eigenvalue weighted by atomic mass is 9.90. The molecule has 1 amide bonds. The van der Waals surface area contributed by atoms with E-state index in [1.165, 1.54) is 0 Å². The van der Waals surface area contributed by atoms with Gasteiger partial charge in [0.05, 0.1) is 0 Å². The van der Waals surface area contributed by atoms with E-state index in [4.69, 9.17) is 0 Å². The van der Waals surface area contributed by atoms with Gasteiger partial charge >= 0.3 is 0 Å². The molecule has 1 aromatic rings. The SMILES string of the molecule is CC1(NC(=O)c2cc(F)cc(F)c2)CCN(S)CC1. The fraction of sp³-hybridized carbons (Fsp3) is 0.462. The summed E-state index contributed by atoms with van der Waals surface area (Å²) in [5, 5.41) is 2.85. The second-order valence-electron chi connectivity index (χ2n) is 5.13. The Morgan fingerprint density at radius 2 is 1.79 bits per heavy atom. The summed E-state index contributed by atoms with van der Waals surface area (Å²) in [6.45, 7) is 3.45. The van der Waals surface area contributed by atoms with Crippen LogP contribution >= 0.6 is 12.8 Å². The Balaban J connectivity index is 2.08. The highest BCUT2D eigenvalue weighted by Crippen LogP contribution is 2.23. The summed E-state index contributed by atoms with van der Waals surface area (Å²) in [5.41, 5.74) is -0.355. The molecule has 1 heterocycles. The maximum atomic E-state index is 13.1. The highest BCUT2D eigenvalue weighted by Gasteiger charge is 2.31. The number of carbonyl (C=O) groups excluding carboxylic acids is 1. The second kappa shape index (κ2) is 5.46. The predicted molar refractivity (Wildman–Crippen MR) is 72.0 cm³/mol. The molecule has 0 aromatic heterocycles. The highest BCUT2D eigenvalue weighted by molar-refractivity contribution is 7.77. The molecule has 0 bridgehead atoms. The molecule has 0 unspecified atom stereocenters. The van der Waals surface area contributed by atoms with Crippen molar-refractivity contribution in [2.45, 2.75) is 25.3 Å². The van der Waals surface area contributed by atoms with E-state index in [2.05, 4.69) is 18.1 Å². The van der Waals surface area contributed by atoms with Crippen LogP contribution in [0, 0.1) is 11.6 Å². The van der Waals surface area contributed by atoms with Crippen LogP contribution in [0.15, 0.2) is 18.2 Å². The first-order valence-electron chi connectivity index (χ1n) is 6.10. The van der Waals surface area contributed by atoms with Gasteiger partial charge in [-0.1, -0.05) is 12.8 Å². The van der Waals surface area contributed by atoms with Crippen molar-refractivity contribution in [1.82, 2.24) is 9.62 Å². The van der Waals surface area contributed by atoms with Crippen LogP contribution in [-0.2, 0) is 0 Å². The van der Waals surface area contributed by atoms with Gasteiger partial charge < -0.3 is 5.32 Å². The van der Waals surface area contributed by atoms with E-state index < -0.39 is 17.5 Å². The topological polar surface area (TPSA) is 32.3 Å². The van der Waals surface area contributed by atoms with Crippen molar-refractivity contribution in [3.05, 3.63) is 35.4 Å². The normalized spacial score (nSPS) is 19.2. The zero-order valence-electron chi connectivity index (χ0n) is 10.6. The number of nitrogens with zero attached hydrogens (tertiary/aromatic N) is 1. The first-order valence-corrected chi connectivity index (χ1v) is 6.50. The standard InChI is InChI=1S/C13H16F2N2OS/c1-13(2-4-17(19)5-3-13)16-12(18)9-6-10(14)8-11(15)7-9/h6-8,19H,2-5H2,1H3,(H,16,18). The van der Waals surface area contributed by atoms with E-state index in [-0.39, 0.29) is 11.1 Å². The van der Waals surface area contributed by atoms with Gasteiger partial charge in [-0.15, -0.1) is 0 Å². The van der Waals surface area contributed by atoms with Gasteiger partial charge in [-0.2, -0.15) is 0 Å². The molecule has 1 fully saturated rings. The number of thiol groups is 1. The quantitative estimate of drug-likeness (QED) is 0.818. The van der Waals surface area contributed by atoms with Gasteiger partial charge in [0.2, 0.25) is 0 Å². The van der Waals surface area contributed by atoms with E-state index >= 15 is 0 Å². The van der Waals surface area contributed by atoms with Crippen LogP contribution in [-0.4, -0.2) is 28.8 Å². The maximum Gasteiger partial charge on any atom is 0.251 e. The molecule has 0 atom stereocenters. The third kappa shape index (κ3) is 3.67. The molecule has 2 rings (SSSR count).